The van der Waals surface area contributed by atoms with Gasteiger partial charge in [-0.15, -0.1) is 0 Å². The van der Waals surface area contributed by atoms with Crippen molar-refractivity contribution in [2.24, 2.45) is 17.8 Å². The molecule has 0 radical (unpaired) electrons. The van der Waals surface area contributed by atoms with E-state index in [0.717, 1.165) is 64.7 Å². The van der Waals surface area contributed by atoms with Gasteiger partial charge in [-0.25, -0.2) is 0 Å². The van der Waals surface area contributed by atoms with Crippen molar-refractivity contribution in [3.8, 4) is 0 Å². The van der Waals surface area contributed by atoms with Crippen molar-refractivity contribution in [2.75, 3.05) is 78.9 Å². The van der Waals surface area contributed by atoms with Gasteiger partial charge in [0.2, 0.25) is 11.8 Å². The SMILES string of the molecule is CC1NCOC1COC1CCC2CN(C[C@@H](O)CNC(=O)C3CC(NC4COC4)NC(N4CCN(C(=O)C5CC5)CC4)N3)CCC2C1. The van der Waals surface area contributed by atoms with Gasteiger partial charge in [-0.05, 0) is 63.8 Å². The fraction of sp³-hybridized carbons (Fsp3) is 0.939. The topological polar surface area (TPSA) is 152 Å². The van der Waals surface area contributed by atoms with Gasteiger partial charge in [-0.2, -0.15) is 0 Å². The number of carbonyl (C=O) groups excluding carboxylic acids is 2. The zero-order valence-electron chi connectivity index (χ0n) is 28.1. The van der Waals surface area contributed by atoms with Crippen molar-refractivity contribution in [1.29, 1.82) is 0 Å². The molecule has 7 aliphatic rings. The normalized spacial score (nSPS) is 38.0. The number of piperazine rings is 1. The van der Waals surface area contributed by atoms with E-state index in [9.17, 15) is 14.7 Å². The number of likely N-dealkylation sites (tertiary alicyclic amines) is 1. The molecule has 266 valence electrons. The van der Waals surface area contributed by atoms with Gasteiger partial charge in [-0.3, -0.25) is 35.8 Å². The van der Waals surface area contributed by atoms with Crippen molar-refractivity contribution in [3.05, 3.63) is 0 Å². The molecule has 8 unspecified atom stereocenters. The lowest BCUT2D eigenvalue weighted by atomic mass is 9.74. The summed E-state index contributed by atoms with van der Waals surface area (Å²) in [6, 6.07) is 0.229. The predicted octanol–water partition coefficient (Wildman–Crippen LogP) is -1.59. The molecule has 0 aromatic carbocycles. The number of piperidine rings is 1. The van der Waals surface area contributed by atoms with Crippen molar-refractivity contribution in [3.63, 3.8) is 0 Å². The van der Waals surface area contributed by atoms with Crippen LogP contribution >= 0.6 is 0 Å². The maximum absolute atomic E-state index is 13.5. The van der Waals surface area contributed by atoms with Crippen molar-refractivity contribution in [1.82, 2.24) is 41.3 Å². The second kappa shape index (κ2) is 15.6. The number of carbonyl (C=O) groups is 2. The molecule has 5 heterocycles. The first-order valence-electron chi connectivity index (χ1n) is 18.4. The standard InChI is InChI=1S/C33H58N8O6/c1-21-29(47-20-35-21)19-46-27-5-4-24-15-39(7-6-23(24)12-27)16-26(42)14-34-31(43)28-13-30(36-25-17-45-18-25)38-33(37-28)41-10-8-40(9-11-41)32(44)22-2-3-22/h21-30,33,35-38,42H,2-20H2,1H3,(H,34,43)/t21?,23?,24?,26-,27?,28?,29?,30?,33?/m0/s1. The van der Waals surface area contributed by atoms with Crippen LogP contribution in [0.4, 0.5) is 0 Å². The summed E-state index contributed by atoms with van der Waals surface area (Å²) in [7, 11) is 0. The molecule has 14 heteroatoms. The van der Waals surface area contributed by atoms with Crippen LogP contribution in [0.3, 0.4) is 0 Å². The third-order valence-corrected chi connectivity index (χ3v) is 11.6. The number of ether oxygens (including phenoxy) is 3. The minimum atomic E-state index is -0.618. The van der Waals surface area contributed by atoms with E-state index in [0.29, 0.717) is 82.5 Å². The van der Waals surface area contributed by atoms with E-state index in [1.807, 2.05) is 4.90 Å². The lowest BCUT2D eigenvalue weighted by molar-refractivity contribution is -0.135. The quantitative estimate of drug-likeness (QED) is 0.143. The first-order valence-corrected chi connectivity index (χ1v) is 18.4. The molecule has 7 rings (SSSR count). The van der Waals surface area contributed by atoms with Crippen molar-refractivity contribution in [2.45, 2.75) is 101 Å². The Morgan fingerprint density at radius 3 is 2.55 bits per heavy atom. The summed E-state index contributed by atoms with van der Waals surface area (Å²) in [6.07, 6.45) is 6.78. The zero-order valence-corrected chi connectivity index (χ0v) is 28.1. The van der Waals surface area contributed by atoms with Gasteiger partial charge in [0.05, 0.1) is 63.1 Å². The minimum absolute atomic E-state index is 0.0413. The Labute approximate surface area is 279 Å². The van der Waals surface area contributed by atoms with Crippen LogP contribution < -0.4 is 26.6 Å². The molecule has 2 saturated carbocycles. The van der Waals surface area contributed by atoms with Crippen LogP contribution in [0.25, 0.3) is 0 Å². The second-order valence-corrected chi connectivity index (χ2v) is 15.2. The van der Waals surface area contributed by atoms with E-state index in [4.69, 9.17) is 14.2 Å². The number of hydrogen-bond donors (Lipinski definition) is 6. The van der Waals surface area contributed by atoms with Crippen LogP contribution in [0.2, 0.25) is 0 Å². The molecule has 47 heavy (non-hydrogen) atoms. The van der Waals surface area contributed by atoms with E-state index >= 15 is 0 Å². The Bertz CT molecular complexity index is 1060. The number of hydrogen-bond acceptors (Lipinski definition) is 12. The van der Waals surface area contributed by atoms with Crippen LogP contribution in [0, 0.1) is 17.8 Å². The van der Waals surface area contributed by atoms with Crippen LogP contribution in [-0.2, 0) is 23.8 Å². The maximum Gasteiger partial charge on any atom is 0.237 e. The number of aliphatic hydroxyl groups excluding tert-OH is 1. The highest BCUT2D eigenvalue weighted by Gasteiger charge is 2.40. The Morgan fingerprint density at radius 2 is 1.83 bits per heavy atom. The summed E-state index contributed by atoms with van der Waals surface area (Å²) in [5.41, 5.74) is 0. The van der Waals surface area contributed by atoms with Crippen LogP contribution in [-0.4, -0.2) is 159 Å². The van der Waals surface area contributed by atoms with E-state index < -0.39 is 12.1 Å². The number of amides is 2. The Balaban J connectivity index is 0.838. The first-order chi connectivity index (χ1) is 22.9. The molecule has 5 aliphatic heterocycles. The van der Waals surface area contributed by atoms with Gasteiger partial charge < -0.3 is 34.4 Å². The first kappa shape index (κ1) is 34.0. The fourth-order valence-corrected chi connectivity index (χ4v) is 8.37. The highest BCUT2D eigenvalue weighted by Crippen LogP contribution is 2.37. The van der Waals surface area contributed by atoms with E-state index in [2.05, 4.69) is 43.3 Å². The molecule has 5 saturated heterocycles. The Hall–Kier alpha value is -1.46. The van der Waals surface area contributed by atoms with Gasteiger partial charge in [0, 0.05) is 64.2 Å². The van der Waals surface area contributed by atoms with Gasteiger partial charge in [0.15, 0.2) is 0 Å². The highest BCUT2D eigenvalue weighted by molar-refractivity contribution is 5.82. The average Bonchev–Trinajstić information content (AvgIpc) is 3.84. The third-order valence-electron chi connectivity index (χ3n) is 11.6. The summed E-state index contributed by atoms with van der Waals surface area (Å²) in [4.78, 5) is 32.7. The van der Waals surface area contributed by atoms with Crippen molar-refractivity contribution >= 4 is 11.8 Å². The number of rotatable bonds is 12. The lowest BCUT2D eigenvalue weighted by Crippen LogP contribution is -2.73. The highest BCUT2D eigenvalue weighted by atomic mass is 16.5. The number of fused-ring (bicyclic) bond motifs is 1. The molecule has 0 aromatic heterocycles. The average molecular weight is 663 g/mol. The zero-order chi connectivity index (χ0) is 32.3. The number of nitrogens with one attached hydrogen (secondary N) is 5. The van der Waals surface area contributed by atoms with Gasteiger partial charge in [-0.1, -0.05) is 0 Å². The second-order valence-electron chi connectivity index (χ2n) is 15.2. The lowest BCUT2D eigenvalue weighted by Gasteiger charge is -2.46. The fourth-order valence-electron chi connectivity index (χ4n) is 8.37. The summed E-state index contributed by atoms with van der Waals surface area (Å²) in [5, 5.41) is 28.1. The smallest absolute Gasteiger partial charge is 0.237 e. The minimum Gasteiger partial charge on any atom is -0.390 e. The predicted molar refractivity (Wildman–Crippen MR) is 174 cm³/mol. The number of aliphatic hydroxyl groups is 1. The third kappa shape index (κ3) is 8.83. The molecule has 2 amide bonds. The molecular formula is C33H58N8O6. The van der Waals surface area contributed by atoms with Crippen LogP contribution in [0.1, 0.15) is 51.9 Å². The van der Waals surface area contributed by atoms with E-state index in [1.54, 1.807) is 0 Å². The van der Waals surface area contributed by atoms with Crippen molar-refractivity contribution < 1.29 is 28.9 Å². The molecular weight excluding hydrogens is 604 g/mol. The molecule has 14 nitrogen and oxygen atoms in total. The summed E-state index contributed by atoms with van der Waals surface area (Å²) in [5.74, 6) is 1.78. The molecule has 9 atom stereocenters. The molecule has 0 aromatic rings. The van der Waals surface area contributed by atoms with E-state index in [-0.39, 0.29) is 43.0 Å². The number of nitrogens with zero attached hydrogens (tertiary/aromatic N) is 3. The Morgan fingerprint density at radius 1 is 1.00 bits per heavy atom. The van der Waals surface area contributed by atoms with Gasteiger partial charge in [0.1, 0.15) is 6.29 Å². The molecule has 0 bridgehead atoms. The molecule has 0 spiro atoms. The Kier molecular flexibility index (Phi) is 11.3. The van der Waals surface area contributed by atoms with Gasteiger partial charge >= 0.3 is 0 Å². The number of β-amino-alcohol motifs (C(OH)–C–C–N with tert-alkyl or cyclic N) is 1. The molecule has 7 fully saturated rings. The molecule has 2 aliphatic carbocycles. The van der Waals surface area contributed by atoms with Crippen LogP contribution in [0.15, 0.2) is 0 Å². The molecule has 6 N–H and O–H groups in total. The summed E-state index contributed by atoms with van der Waals surface area (Å²) < 4.78 is 17.4. The van der Waals surface area contributed by atoms with E-state index in [1.165, 1.54) is 0 Å². The van der Waals surface area contributed by atoms with Crippen LogP contribution in [0.5, 0.6) is 0 Å². The van der Waals surface area contributed by atoms with Gasteiger partial charge in [0.25, 0.3) is 0 Å². The maximum atomic E-state index is 13.5. The summed E-state index contributed by atoms with van der Waals surface area (Å²) >= 11 is 0. The summed E-state index contributed by atoms with van der Waals surface area (Å²) in [6.45, 7) is 10.5. The monoisotopic (exact) mass is 662 g/mol. The largest absolute Gasteiger partial charge is 0.390 e.